The van der Waals surface area contributed by atoms with Crippen molar-refractivity contribution in [2.24, 2.45) is 0 Å². The molecule has 2 aromatic carbocycles. The number of aryl methyl sites for hydroxylation is 3. The van der Waals surface area contributed by atoms with Crippen molar-refractivity contribution < 1.29 is 9.21 Å². The summed E-state index contributed by atoms with van der Waals surface area (Å²) in [6.45, 7) is 4.39. The van der Waals surface area contributed by atoms with Gasteiger partial charge < -0.3 is 9.73 Å². The largest absolute Gasteiger partial charge is 0.441 e. The van der Waals surface area contributed by atoms with Gasteiger partial charge in [0.2, 0.25) is 5.91 Å². The zero-order chi connectivity index (χ0) is 16.2. The number of rotatable bonds is 5. The van der Waals surface area contributed by atoms with E-state index in [0.717, 1.165) is 23.1 Å². The molecule has 1 amide bonds. The van der Waals surface area contributed by atoms with Gasteiger partial charge in [-0.3, -0.25) is 4.79 Å². The maximum atomic E-state index is 12.0. The molecule has 0 spiro atoms. The number of nitrogens with one attached hydrogen (secondary N) is 1. The van der Waals surface area contributed by atoms with Crippen LogP contribution in [0.1, 0.15) is 29.0 Å². The molecular formula is C19H20N2O2. The Labute approximate surface area is 135 Å². The second kappa shape index (κ2) is 6.65. The Hall–Kier alpha value is -2.62. The van der Waals surface area contributed by atoms with Crippen molar-refractivity contribution in [3.63, 3.8) is 0 Å². The summed E-state index contributed by atoms with van der Waals surface area (Å²) >= 11 is 0. The number of oxazole rings is 1. The van der Waals surface area contributed by atoms with Crippen LogP contribution in [0.25, 0.3) is 11.1 Å². The molecule has 1 heterocycles. The van der Waals surface area contributed by atoms with Crippen LogP contribution in [0.4, 0.5) is 0 Å². The molecule has 4 nitrogen and oxygen atoms in total. The summed E-state index contributed by atoms with van der Waals surface area (Å²) in [4.78, 5) is 16.3. The van der Waals surface area contributed by atoms with Gasteiger partial charge in [-0.1, -0.05) is 35.9 Å². The molecule has 3 aromatic rings. The molecule has 0 aliphatic rings. The van der Waals surface area contributed by atoms with Crippen LogP contribution in [0.15, 0.2) is 46.9 Å². The number of fused-ring (bicyclic) bond motifs is 1. The first-order valence-corrected chi connectivity index (χ1v) is 7.78. The first-order chi connectivity index (χ1) is 11.1. The zero-order valence-electron chi connectivity index (χ0n) is 13.4. The number of carbonyl (C=O) groups excluding carboxylic acids is 1. The van der Waals surface area contributed by atoms with Gasteiger partial charge in [-0.25, -0.2) is 4.98 Å². The number of benzene rings is 2. The molecule has 0 radical (unpaired) electrons. The van der Waals surface area contributed by atoms with Crippen LogP contribution >= 0.6 is 0 Å². The molecule has 1 aromatic heterocycles. The number of hydrogen-bond acceptors (Lipinski definition) is 3. The number of amides is 1. The highest BCUT2D eigenvalue weighted by Gasteiger charge is 2.05. The number of carbonyl (C=O) groups is 1. The van der Waals surface area contributed by atoms with E-state index in [4.69, 9.17) is 4.42 Å². The van der Waals surface area contributed by atoms with Crippen molar-refractivity contribution in [2.75, 3.05) is 0 Å². The molecule has 3 rings (SSSR count). The smallest absolute Gasteiger partial charge is 0.220 e. The fourth-order valence-corrected chi connectivity index (χ4v) is 2.50. The lowest BCUT2D eigenvalue weighted by molar-refractivity contribution is -0.121. The Kier molecular flexibility index (Phi) is 4.42. The molecule has 0 bridgehead atoms. The van der Waals surface area contributed by atoms with Crippen molar-refractivity contribution in [2.45, 2.75) is 33.2 Å². The lowest BCUT2D eigenvalue weighted by Gasteiger charge is -2.06. The molecule has 0 fully saturated rings. The Morgan fingerprint density at radius 3 is 2.61 bits per heavy atom. The van der Waals surface area contributed by atoms with Crippen LogP contribution in [0.2, 0.25) is 0 Å². The first kappa shape index (κ1) is 15.3. The van der Waals surface area contributed by atoms with Gasteiger partial charge in [-0.15, -0.1) is 0 Å². The fourth-order valence-electron chi connectivity index (χ4n) is 2.50. The maximum Gasteiger partial charge on any atom is 0.220 e. The highest BCUT2D eigenvalue weighted by molar-refractivity contribution is 5.77. The van der Waals surface area contributed by atoms with Gasteiger partial charge in [-0.2, -0.15) is 0 Å². The van der Waals surface area contributed by atoms with E-state index >= 15 is 0 Å². The topological polar surface area (TPSA) is 55.1 Å². The number of aromatic nitrogens is 1. The minimum Gasteiger partial charge on any atom is -0.441 e. The lowest BCUT2D eigenvalue weighted by atomic mass is 10.1. The SMILES string of the molecule is Cc1ccc(CCC(=O)NCc2ccc3oc(C)nc3c2)cc1. The minimum atomic E-state index is 0.0574. The molecule has 0 unspecified atom stereocenters. The van der Waals surface area contributed by atoms with Gasteiger partial charge in [0.05, 0.1) is 0 Å². The van der Waals surface area contributed by atoms with Gasteiger partial charge in [0.1, 0.15) is 5.52 Å². The van der Waals surface area contributed by atoms with E-state index in [9.17, 15) is 4.79 Å². The maximum absolute atomic E-state index is 12.0. The van der Waals surface area contributed by atoms with E-state index in [2.05, 4.69) is 41.5 Å². The van der Waals surface area contributed by atoms with E-state index in [-0.39, 0.29) is 5.91 Å². The normalized spacial score (nSPS) is 10.9. The molecule has 0 saturated heterocycles. The van der Waals surface area contributed by atoms with Crippen LogP contribution < -0.4 is 5.32 Å². The zero-order valence-corrected chi connectivity index (χ0v) is 13.4. The summed E-state index contributed by atoms with van der Waals surface area (Å²) in [5.74, 6) is 0.710. The predicted octanol–water partition coefficient (Wildman–Crippen LogP) is 3.69. The van der Waals surface area contributed by atoms with Crippen molar-refractivity contribution in [1.82, 2.24) is 10.3 Å². The summed E-state index contributed by atoms with van der Waals surface area (Å²) in [6.07, 6.45) is 1.25. The molecule has 0 aliphatic carbocycles. The van der Waals surface area contributed by atoms with Gasteiger partial charge in [-0.05, 0) is 36.6 Å². The summed E-state index contributed by atoms with van der Waals surface area (Å²) in [5.41, 5.74) is 5.04. The van der Waals surface area contributed by atoms with E-state index in [1.807, 2.05) is 25.1 Å². The standard InChI is InChI=1S/C19H20N2O2/c1-13-3-5-15(6-4-13)8-10-19(22)20-12-16-7-9-18-17(11-16)21-14(2)23-18/h3-7,9,11H,8,10,12H2,1-2H3,(H,20,22). The highest BCUT2D eigenvalue weighted by Crippen LogP contribution is 2.16. The Morgan fingerprint density at radius 1 is 1.09 bits per heavy atom. The van der Waals surface area contributed by atoms with E-state index < -0.39 is 0 Å². The number of nitrogens with zero attached hydrogens (tertiary/aromatic N) is 1. The van der Waals surface area contributed by atoms with Crippen LogP contribution in [0, 0.1) is 13.8 Å². The first-order valence-electron chi connectivity index (χ1n) is 7.78. The van der Waals surface area contributed by atoms with Crippen molar-refractivity contribution in [3.05, 3.63) is 65.0 Å². The van der Waals surface area contributed by atoms with Gasteiger partial charge in [0, 0.05) is 19.9 Å². The van der Waals surface area contributed by atoms with Crippen LogP contribution in [0.3, 0.4) is 0 Å². The third-order valence-corrected chi connectivity index (χ3v) is 3.81. The van der Waals surface area contributed by atoms with E-state index in [1.165, 1.54) is 11.1 Å². The summed E-state index contributed by atoms with van der Waals surface area (Å²) in [7, 11) is 0. The molecule has 1 N–H and O–H groups in total. The predicted molar refractivity (Wildman–Crippen MR) is 90.1 cm³/mol. The third-order valence-electron chi connectivity index (χ3n) is 3.81. The average molecular weight is 308 g/mol. The average Bonchev–Trinajstić information content (AvgIpc) is 2.91. The molecular weight excluding hydrogens is 288 g/mol. The fraction of sp³-hybridized carbons (Fsp3) is 0.263. The molecule has 0 atom stereocenters. The van der Waals surface area contributed by atoms with Gasteiger partial charge in [0.15, 0.2) is 11.5 Å². The molecule has 4 heteroatoms. The molecule has 118 valence electrons. The van der Waals surface area contributed by atoms with E-state index in [1.54, 1.807) is 0 Å². The Bertz CT molecular complexity index is 819. The second-order valence-corrected chi connectivity index (χ2v) is 5.80. The van der Waals surface area contributed by atoms with Crippen molar-refractivity contribution >= 4 is 17.0 Å². The minimum absolute atomic E-state index is 0.0574. The monoisotopic (exact) mass is 308 g/mol. The van der Waals surface area contributed by atoms with Gasteiger partial charge in [0.25, 0.3) is 0 Å². The molecule has 23 heavy (non-hydrogen) atoms. The lowest BCUT2D eigenvalue weighted by Crippen LogP contribution is -2.22. The third kappa shape index (κ3) is 3.97. The van der Waals surface area contributed by atoms with E-state index in [0.29, 0.717) is 18.9 Å². The quantitative estimate of drug-likeness (QED) is 0.782. The molecule has 0 saturated carbocycles. The summed E-state index contributed by atoms with van der Waals surface area (Å²) < 4.78 is 5.45. The second-order valence-electron chi connectivity index (χ2n) is 5.80. The summed E-state index contributed by atoms with van der Waals surface area (Å²) in [5, 5.41) is 2.95. The highest BCUT2D eigenvalue weighted by atomic mass is 16.3. The Balaban J connectivity index is 1.52. The van der Waals surface area contributed by atoms with Gasteiger partial charge >= 0.3 is 0 Å². The Morgan fingerprint density at radius 2 is 1.83 bits per heavy atom. The van der Waals surface area contributed by atoms with Crippen LogP contribution in [0.5, 0.6) is 0 Å². The van der Waals surface area contributed by atoms with Crippen LogP contribution in [-0.4, -0.2) is 10.9 Å². The van der Waals surface area contributed by atoms with Crippen LogP contribution in [-0.2, 0) is 17.8 Å². The molecule has 0 aliphatic heterocycles. The number of hydrogen-bond donors (Lipinski definition) is 1. The van der Waals surface area contributed by atoms with Crippen molar-refractivity contribution in [3.8, 4) is 0 Å². The van der Waals surface area contributed by atoms with Crippen molar-refractivity contribution in [1.29, 1.82) is 0 Å². The summed E-state index contributed by atoms with van der Waals surface area (Å²) in [6, 6.07) is 14.1.